The Morgan fingerprint density at radius 3 is 2.60 bits per heavy atom. The van der Waals surface area contributed by atoms with Gasteiger partial charge in [0.25, 0.3) is 0 Å². The van der Waals surface area contributed by atoms with Crippen molar-refractivity contribution < 1.29 is 9.59 Å². The zero-order chi connectivity index (χ0) is 15.3. The minimum absolute atomic E-state index is 0.0141. The Morgan fingerprint density at radius 2 is 2.10 bits per heavy atom. The predicted octanol–water partition coefficient (Wildman–Crippen LogP) is 0.397. The van der Waals surface area contributed by atoms with E-state index in [9.17, 15) is 9.59 Å². The highest BCUT2D eigenvalue weighted by atomic mass is 16.2. The lowest BCUT2D eigenvalue weighted by atomic mass is 9.91. The van der Waals surface area contributed by atoms with Crippen LogP contribution in [0.5, 0.6) is 0 Å². The minimum Gasteiger partial charge on any atom is -0.388 e. The van der Waals surface area contributed by atoms with Gasteiger partial charge in [-0.15, -0.1) is 0 Å². The molecule has 0 aliphatic rings. The first kappa shape index (κ1) is 15.7. The molecule has 0 aromatic carbocycles. The number of carbonyl (C=O) groups is 2. The lowest BCUT2D eigenvalue weighted by Gasteiger charge is -2.21. The number of nitrogens with zero attached hydrogens (tertiary/aromatic N) is 1. The minimum atomic E-state index is -0.650. The Kier molecular flexibility index (Phi) is 5.31. The van der Waals surface area contributed by atoms with E-state index in [-0.39, 0.29) is 17.7 Å². The van der Waals surface area contributed by atoms with Crippen molar-refractivity contribution in [3.63, 3.8) is 0 Å². The highest BCUT2D eigenvalue weighted by molar-refractivity contribution is 5.86. The van der Waals surface area contributed by atoms with Crippen molar-refractivity contribution in [2.45, 2.75) is 26.2 Å². The van der Waals surface area contributed by atoms with Gasteiger partial charge in [0.2, 0.25) is 5.91 Å². The standard InChI is InChI=1S/C13H20N5O2/c1-8(2)11(12(19)17-6-5-10(14)15)9-4-3-7-18(9)13(16)20/h4,7-8,11H,5-6H2,1-2H3,(H3,14,15)(H2,16,20)(H,17,19). The van der Waals surface area contributed by atoms with Gasteiger partial charge in [-0.25, -0.2) is 4.79 Å². The first-order valence-corrected chi connectivity index (χ1v) is 6.33. The van der Waals surface area contributed by atoms with Crippen LogP contribution < -0.4 is 16.8 Å². The van der Waals surface area contributed by atoms with Gasteiger partial charge < -0.3 is 16.8 Å². The van der Waals surface area contributed by atoms with Gasteiger partial charge in [0, 0.05) is 30.9 Å². The summed E-state index contributed by atoms with van der Waals surface area (Å²) in [5.74, 6) is -0.745. The number of amides is 2. The number of primary amides is 1. The summed E-state index contributed by atoms with van der Waals surface area (Å²) in [5.41, 5.74) is 11.0. The van der Waals surface area contributed by atoms with Gasteiger partial charge in [0.15, 0.2) is 0 Å². The molecule has 0 saturated carbocycles. The molecular formula is C13H20N5O2. The fourth-order valence-corrected chi connectivity index (χ4v) is 1.98. The normalized spacial score (nSPS) is 12.2. The summed E-state index contributed by atoms with van der Waals surface area (Å²) < 4.78 is 1.22. The summed E-state index contributed by atoms with van der Waals surface area (Å²) in [6, 6.07) is 3.71. The number of aromatic nitrogens is 1. The van der Waals surface area contributed by atoms with Gasteiger partial charge in [0.05, 0.1) is 11.8 Å². The predicted molar refractivity (Wildman–Crippen MR) is 75.4 cm³/mol. The largest absolute Gasteiger partial charge is 0.388 e. The smallest absolute Gasteiger partial charge is 0.323 e. The van der Waals surface area contributed by atoms with Gasteiger partial charge in [-0.05, 0) is 12.0 Å². The van der Waals surface area contributed by atoms with Crippen molar-refractivity contribution >= 4 is 17.8 Å². The summed E-state index contributed by atoms with van der Waals surface area (Å²) in [6.07, 6.45) is 1.70. The second-order valence-electron chi connectivity index (χ2n) is 4.86. The number of carbonyl (C=O) groups excluding carboxylic acids is 2. The molecule has 1 unspecified atom stereocenters. The molecule has 20 heavy (non-hydrogen) atoms. The maximum absolute atomic E-state index is 12.2. The Hall–Kier alpha value is -2.31. The zero-order valence-electron chi connectivity index (χ0n) is 11.6. The Morgan fingerprint density at radius 1 is 1.45 bits per heavy atom. The molecule has 1 atom stereocenters. The van der Waals surface area contributed by atoms with E-state index in [4.69, 9.17) is 16.9 Å². The second kappa shape index (κ2) is 6.74. The van der Waals surface area contributed by atoms with Crippen LogP contribution in [0.2, 0.25) is 0 Å². The van der Waals surface area contributed by atoms with E-state index in [1.807, 2.05) is 13.8 Å². The molecule has 1 radical (unpaired) electrons. The molecule has 1 aromatic heterocycles. The SMILES string of the molecule is CC(C)C(C(=O)NCCC(=N)N)c1c[c]cn1C(N)=O. The molecule has 7 heteroatoms. The van der Waals surface area contributed by atoms with Crippen molar-refractivity contribution in [1.82, 2.24) is 9.88 Å². The molecule has 6 N–H and O–H groups in total. The van der Waals surface area contributed by atoms with Crippen LogP contribution in [0.25, 0.3) is 0 Å². The molecular weight excluding hydrogens is 258 g/mol. The van der Waals surface area contributed by atoms with Gasteiger partial charge in [0.1, 0.15) is 0 Å². The maximum Gasteiger partial charge on any atom is 0.323 e. The molecule has 1 rings (SSSR count). The molecule has 0 aliphatic heterocycles. The summed E-state index contributed by atoms with van der Waals surface area (Å²) in [7, 11) is 0. The lowest BCUT2D eigenvalue weighted by Crippen LogP contribution is -2.36. The van der Waals surface area contributed by atoms with Gasteiger partial charge in [-0.2, -0.15) is 0 Å². The highest BCUT2D eigenvalue weighted by Gasteiger charge is 2.27. The summed E-state index contributed by atoms with van der Waals surface area (Å²) in [4.78, 5) is 23.6. The van der Waals surface area contributed by atoms with E-state index in [1.165, 1.54) is 10.8 Å². The summed E-state index contributed by atoms with van der Waals surface area (Å²) in [6.45, 7) is 4.06. The van der Waals surface area contributed by atoms with E-state index in [2.05, 4.69) is 11.4 Å². The molecule has 7 nitrogen and oxygen atoms in total. The van der Waals surface area contributed by atoms with E-state index in [0.717, 1.165) is 0 Å². The van der Waals surface area contributed by atoms with Gasteiger partial charge in [-0.1, -0.05) is 13.8 Å². The number of rotatable bonds is 6. The summed E-state index contributed by atoms with van der Waals surface area (Å²) in [5, 5.41) is 9.83. The monoisotopic (exact) mass is 278 g/mol. The van der Waals surface area contributed by atoms with Crippen LogP contribution in [0.4, 0.5) is 4.79 Å². The van der Waals surface area contributed by atoms with E-state index >= 15 is 0 Å². The quantitative estimate of drug-likeness (QED) is 0.444. The number of hydrogen-bond donors (Lipinski definition) is 4. The lowest BCUT2D eigenvalue weighted by molar-refractivity contribution is -0.123. The second-order valence-corrected chi connectivity index (χ2v) is 4.86. The van der Waals surface area contributed by atoms with Crippen LogP contribution in [0.1, 0.15) is 31.9 Å². The van der Waals surface area contributed by atoms with Gasteiger partial charge >= 0.3 is 6.03 Å². The van der Waals surface area contributed by atoms with Crippen molar-refractivity contribution in [3.05, 3.63) is 24.0 Å². The molecule has 0 spiro atoms. The summed E-state index contributed by atoms with van der Waals surface area (Å²) >= 11 is 0. The molecule has 0 bridgehead atoms. The molecule has 0 saturated heterocycles. The maximum atomic E-state index is 12.2. The third-order valence-electron chi connectivity index (χ3n) is 2.91. The van der Waals surface area contributed by atoms with Crippen LogP contribution in [-0.2, 0) is 4.79 Å². The van der Waals surface area contributed by atoms with E-state index in [0.29, 0.717) is 18.7 Å². The van der Waals surface area contributed by atoms with Crippen LogP contribution >= 0.6 is 0 Å². The van der Waals surface area contributed by atoms with Crippen LogP contribution in [0.3, 0.4) is 0 Å². The molecule has 2 amide bonds. The van der Waals surface area contributed by atoms with Crippen molar-refractivity contribution in [2.24, 2.45) is 17.4 Å². The van der Waals surface area contributed by atoms with Crippen LogP contribution in [0, 0.1) is 17.4 Å². The van der Waals surface area contributed by atoms with E-state index in [1.54, 1.807) is 6.07 Å². The van der Waals surface area contributed by atoms with Crippen molar-refractivity contribution in [3.8, 4) is 0 Å². The fourth-order valence-electron chi connectivity index (χ4n) is 1.98. The number of nitrogens with one attached hydrogen (secondary N) is 2. The van der Waals surface area contributed by atoms with Gasteiger partial charge in [-0.3, -0.25) is 14.8 Å². The van der Waals surface area contributed by atoms with Crippen LogP contribution in [-0.4, -0.2) is 28.9 Å². The average molecular weight is 278 g/mol. The third kappa shape index (κ3) is 3.84. The molecule has 1 aromatic rings. The van der Waals surface area contributed by atoms with Crippen LogP contribution in [0.15, 0.2) is 12.3 Å². The molecule has 109 valence electrons. The first-order valence-electron chi connectivity index (χ1n) is 6.33. The van der Waals surface area contributed by atoms with E-state index < -0.39 is 11.9 Å². The fraction of sp³-hybridized carbons (Fsp3) is 0.462. The Bertz CT molecular complexity index is 507. The van der Waals surface area contributed by atoms with Crippen molar-refractivity contribution in [1.29, 1.82) is 5.41 Å². The molecule has 1 heterocycles. The topological polar surface area (TPSA) is 127 Å². The first-order chi connectivity index (χ1) is 9.34. The van der Waals surface area contributed by atoms with Crippen molar-refractivity contribution in [2.75, 3.05) is 6.54 Å². The molecule has 0 fully saturated rings. The number of nitrogens with two attached hydrogens (primary N) is 2. The number of hydrogen-bond acceptors (Lipinski definition) is 3. The highest BCUT2D eigenvalue weighted by Crippen LogP contribution is 2.24. The Balaban J connectivity index is 2.88. The third-order valence-corrected chi connectivity index (χ3v) is 2.91. The average Bonchev–Trinajstić information content (AvgIpc) is 2.77. The zero-order valence-corrected chi connectivity index (χ0v) is 11.6. The number of amidine groups is 1. The molecule has 0 aliphatic carbocycles. The Labute approximate surface area is 117 Å².